The molecule has 2 heterocycles. The highest BCUT2D eigenvalue weighted by Gasteiger charge is 2.27. The summed E-state index contributed by atoms with van der Waals surface area (Å²) < 4.78 is 11.2. The molecule has 1 aromatic rings. The molecule has 0 aliphatic carbocycles. The standard InChI is InChI=1S/C17H26N2O3/c1-13-7-8-18-15(10-13)21-12-14-6-5-9-19(11-14)16(20)22-17(2,3)4/h7-8,10,14H,5-6,9,11-12H2,1-4H3. The second-order valence-corrected chi connectivity index (χ2v) is 6.92. The fourth-order valence-corrected chi connectivity index (χ4v) is 2.48. The van der Waals surface area contributed by atoms with Gasteiger partial charge in [0.1, 0.15) is 5.60 Å². The van der Waals surface area contributed by atoms with Gasteiger partial charge < -0.3 is 14.4 Å². The largest absolute Gasteiger partial charge is 0.477 e. The van der Waals surface area contributed by atoms with Crippen LogP contribution in [0.25, 0.3) is 0 Å². The van der Waals surface area contributed by atoms with E-state index in [9.17, 15) is 4.79 Å². The summed E-state index contributed by atoms with van der Waals surface area (Å²) in [6.45, 7) is 9.69. The Balaban J connectivity index is 1.84. The minimum Gasteiger partial charge on any atom is -0.477 e. The smallest absolute Gasteiger partial charge is 0.410 e. The molecule has 1 fully saturated rings. The van der Waals surface area contributed by atoms with Gasteiger partial charge in [-0.05, 0) is 52.2 Å². The lowest BCUT2D eigenvalue weighted by molar-refractivity contribution is 0.0138. The number of carbonyl (C=O) groups is 1. The Hall–Kier alpha value is -1.78. The predicted molar refractivity (Wildman–Crippen MR) is 85.0 cm³/mol. The van der Waals surface area contributed by atoms with E-state index in [1.54, 1.807) is 11.1 Å². The topological polar surface area (TPSA) is 51.7 Å². The lowest BCUT2D eigenvalue weighted by atomic mass is 9.99. The SMILES string of the molecule is Cc1ccnc(OCC2CCCN(C(=O)OC(C)(C)C)C2)c1. The van der Waals surface area contributed by atoms with E-state index >= 15 is 0 Å². The Morgan fingerprint density at radius 3 is 2.91 bits per heavy atom. The molecule has 122 valence electrons. The van der Waals surface area contributed by atoms with Crippen LogP contribution in [0.5, 0.6) is 5.88 Å². The number of amides is 1. The molecular weight excluding hydrogens is 280 g/mol. The van der Waals surface area contributed by atoms with E-state index in [-0.39, 0.29) is 6.09 Å². The van der Waals surface area contributed by atoms with E-state index in [1.165, 1.54) is 0 Å². The molecule has 5 nitrogen and oxygen atoms in total. The number of piperidine rings is 1. The maximum absolute atomic E-state index is 12.1. The first-order valence-corrected chi connectivity index (χ1v) is 7.87. The van der Waals surface area contributed by atoms with Crippen LogP contribution in [0.3, 0.4) is 0 Å². The number of aromatic nitrogens is 1. The summed E-state index contributed by atoms with van der Waals surface area (Å²) in [4.78, 5) is 18.1. The van der Waals surface area contributed by atoms with E-state index in [4.69, 9.17) is 9.47 Å². The van der Waals surface area contributed by atoms with Crippen LogP contribution in [0, 0.1) is 12.8 Å². The number of rotatable bonds is 3. The summed E-state index contributed by atoms with van der Waals surface area (Å²) in [5.74, 6) is 0.970. The molecule has 22 heavy (non-hydrogen) atoms. The normalized spacial score (nSPS) is 18.9. The van der Waals surface area contributed by atoms with E-state index in [2.05, 4.69) is 4.98 Å². The van der Waals surface area contributed by atoms with Crippen molar-refractivity contribution >= 4 is 6.09 Å². The fraction of sp³-hybridized carbons (Fsp3) is 0.647. The van der Waals surface area contributed by atoms with Crippen molar-refractivity contribution in [1.82, 2.24) is 9.88 Å². The summed E-state index contributed by atoms with van der Waals surface area (Å²) in [6, 6.07) is 3.87. The molecule has 5 heteroatoms. The Morgan fingerprint density at radius 2 is 2.23 bits per heavy atom. The number of likely N-dealkylation sites (tertiary alicyclic amines) is 1. The van der Waals surface area contributed by atoms with Crippen molar-refractivity contribution in [2.75, 3.05) is 19.7 Å². The highest BCUT2D eigenvalue weighted by atomic mass is 16.6. The highest BCUT2D eigenvalue weighted by molar-refractivity contribution is 5.68. The Labute approximate surface area is 132 Å². The number of ether oxygens (including phenoxy) is 2. The second kappa shape index (κ2) is 6.99. The van der Waals surface area contributed by atoms with Gasteiger partial charge in [0.25, 0.3) is 0 Å². The van der Waals surface area contributed by atoms with Gasteiger partial charge in [-0.15, -0.1) is 0 Å². The number of carbonyl (C=O) groups excluding carboxylic acids is 1. The lowest BCUT2D eigenvalue weighted by Crippen LogP contribution is -2.44. The van der Waals surface area contributed by atoms with Crippen LogP contribution < -0.4 is 4.74 Å². The number of nitrogens with zero attached hydrogens (tertiary/aromatic N) is 2. The van der Waals surface area contributed by atoms with Crippen molar-refractivity contribution in [3.05, 3.63) is 23.9 Å². The third-order valence-corrected chi connectivity index (χ3v) is 3.53. The van der Waals surface area contributed by atoms with E-state index in [1.807, 2.05) is 39.8 Å². The summed E-state index contributed by atoms with van der Waals surface area (Å²) in [5.41, 5.74) is 0.676. The quantitative estimate of drug-likeness (QED) is 0.858. The fourth-order valence-electron chi connectivity index (χ4n) is 2.48. The van der Waals surface area contributed by atoms with Gasteiger partial charge in [-0.2, -0.15) is 0 Å². The molecule has 0 spiro atoms. The second-order valence-electron chi connectivity index (χ2n) is 6.92. The zero-order valence-electron chi connectivity index (χ0n) is 14.0. The minimum absolute atomic E-state index is 0.231. The van der Waals surface area contributed by atoms with Crippen molar-refractivity contribution in [2.24, 2.45) is 5.92 Å². The van der Waals surface area contributed by atoms with Gasteiger partial charge in [0.05, 0.1) is 6.61 Å². The van der Waals surface area contributed by atoms with Gasteiger partial charge in [-0.3, -0.25) is 0 Å². The Kier molecular flexibility index (Phi) is 5.27. The molecule has 2 rings (SSSR count). The molecule has 0 saturated carbocycles. The number of hydrogen-bond donors (Lipinski definition) is 0. The molecule has 1 saturated heterocycles. The molecule has 0 aromatic carbocycles. The van der Waals surface area contributed by atoms with Crippen LogP contribution in [-0.4, -0.2) is 41.3 Å². The maximum atomic E-state index is 12.1. The Morgan fingerprint density at radius 1 is 1.45 bits per heavy atom. The molecule has 1 aromatic heterocycles. The van der Waals surface area contributed by atoms with Crippen molar-refractivity contribution < 1.29 is 14.3 Å². The zero-order chi connectivity index (χ0) is 16.2. The number of aryl methyl sites for hydroxylation is 1. The van der Waals surface area contributed by atoms with Gasteiger partial charge in [0.2, 0.25) is 5.88 Å². The van der Waals surface area contributed by atoms with Crippen LogP contribution in [0.1, 0.15) is 39.2 Å². The van der Waals surface area contributed by atoms with Crippen LogP contribution in [0.15, 0.2) is 18.3 Å². The van der Waals surface area contributed by atoms with Crippen LogP contribution >= 0.6 is 0 Å². The third kappa shape index (κ3) is 5.20. The lowest BCUT2D eigenvalue weighted by Gasteiger charge is -2.33. The first-order valence-electron chi connectivity index (χ1n) is 7.87. The first kappa shape index (κ1) is 16.6. The summed E-state index contributed by atoms with van der Waals surface area (Å²) >= 11 is 0. The van der Waals surface area contributed by atoms with E-state index < -0.39 is 5.60 Å². The van der Waals surface area contributed by atoms with Crippen LogP contribution in [0.4, 0.5) is 4.79 Å². The monoisotopic (exact) mass is 306 g/mol. The van der Waals surface area contributed by atoms with Gasteiger partial charge in [0.15, 0.2) is 0 Å². The molecule has 0 N–H and O–H groups in total. The van der Waals surface area contributed by atoms with E-state index in [0.717, 1.165) is 24.9 Å². The molecule has 1 aliphatic heterocycles. The van der Waals surface area contributed by atoms with Gasteiger partial charge in [0, 0.05) is 31.3 Å². The van der Waals surface area contributed by atoms with Crippen molar-refractivity contribution in [2.45, 2.75) is 46.1 Å². The molecule has 1 aliphatic rings. The highest BCUT2D eigenvalue weighted by Crippen LogP contribution is 2.20. The molecular formula is C17H26N2O3. The zero-order valence-corrected chi connectivity index (χ0v) is 14.0. The molecule has 1 atom stereocenters. The van der Waals surface area contributed by atoms with Gasteiger partial charge in [-0.25, -0.2) is 9.78 Å². The minimum atomic E-state index is -0.452. The van der Waals surface area contributed by atoms with Crippen molar-refractivity contribution in [1.29, 1.82) is 0 Å². The van der Waals surface area contributed by atoms with Gasteiger partial charge >= 0.3 is 6.09 Å². The van der Waals surface area contributed by atoms with Crippen LogP contribution in [0.2, 0.25) is 0 Å². The Bertz CT molecular complexity index is 511. The summed E-state index contributed by atoms with van der Waals surface area (Å²) in [5, 5.41) is 0. The number of hydrogen-bond acceptors (Lipinski definition) is 4. The average Bonchev–Trinajstić information content (AvgIpc) is 2.44. The average molecular weight is 306 g/mol. The van der Waals surface area contributed by atoms with Crippen LogP contribution in [-0.2, 0) is 4.74 Å². The molecule has 0 radical (unpaired) electrons. The number of pyridine rings is 1. The maximum Gasteiger partial charge on any atom is 0.410 e. The van der Waals surface area contributed by atoms with Gasteiger partial charge in [-0.1, -0.05) is 0 Å². The molecule has 1 unspecified atom stereocenters. The molecule has 0 bridgehead atoms. The van der Waals surface area contributed by atoms with Crippen molar-refractivity contribution in [3.63, 3.8) is 0 Å². The first-order chi connectivity index (χ1) is 10.3. The van der Waals surface area contributed by atoms with E-state index in [0.29, 0.717) is 24.9 Å². The third-order valence-electron chi connectivity index (χ3n) is 3.53. The predicted octanol–water partition coefficient (Wildman–Crippen LogP) is 3.42. The summed E-state index contributed by atoms with van der Waals surface area (Å²) in [7, 11) is 0. The van der Waals surface area contributed by atoms with Crippen molar-refractivity contribution in [3.8, 4) is 5.88 Å². The molecule has 1 amide bonds. The summed E-state index contributed by atoms with van der Waals surface area (Å²) in [6.07, 6.45) is 3.56.